The Kier molecular flexibility index (Phi) is 5.13. The maximum absolute atomic E-state index is 12.7. The summed E-state index contributed by atoms with van der Waals surface area (Å²) in [5.41, 5.74) is 0.188. The summed E-state index contributed by atoms with van der Waals surface area (Å²) in [6.07, 6.45) is 0.841. The average molecular weight is 396 g/mol. The van der Waals surface area contributed by atoms with Gasteiger partial charge in [-0.05, 0) is 37.6 Å². The van der Waals surface area contributed by atoms with Gasteiger partial charge >= 0.3 is 0 Å². The lowest BCUT2D eigenvalue weighted by molar-refractivity contribution is -0.116. The number of carbonyl (C=O) groups excluding carboxylic acids is 1. The van der Waals surface area contributed by atoms with Crippen molar-refractivity contribution in [2.24, 2.45) is 0 Å². The Morgan fingerprint density at radius 1 is 1.32 bits per heavy atom. The predicted octanol–water partition coefficient (Wildman–Crippen LogP) is 4.27. The molecule has 5 nitrogen and oxygen atoms in total. The van der Waals surface area contributed by atoms with E-state index in [1.807, 2.05) is 13.0 Å². The minimum atomic E-state index is -0.374. The molecule has 2 aromatic heterocycles. The first-order valence-electron chi connectivity index (χ1n) is 7.63. The van der Waals surface area contributed by atoms with E-state index in [-0.39, 0.29) is 18.0 Å². The fourth-order valence-electron chi connectivity index (χ4n) is 2.45. The van der Waals surface area contributed by atoms with E-state index in [2.05, 4.69) is 10.3 Å². The van der Waals surface area contributed by atoms with Crippen LogP contribution in [0, 0.1) is 6.92 Å². The van der Waals surface area contributed by atoms with Crippen molar-refractivity contribution in [1.29, 1.82) is 0 Å². The standard InChI is InChI=1S/C17H15Cl2N3O2S/c1-3-11-7-12-16(25-11)20-9(2)22(17(12)24)8-15(23)21-14-6-10(18)4-5-13(14)19/h4-7H,3,8H2,1-2H3,(H,21,23). The van der Waals surface area contributed by atoms with Crippen LogP contribution in [0.1, 0.15) is 17.6 Å². The van der Waals surface area contributed by atoms with Gasteiger partial charge in [-0.3, -0.25) is 14.2 Å². The number of rotatable bonds is 4. The molecule has 0 fully saturated rings. The molecule has 1 aromatic carbocycles. The molecule has 1 N–H and O–H groups in total. The number of hydrogen-bond donors (Lipinski definition) is 1. The Labute approximate surface area is 158 Å². The maximum atomic E-state index is 12.7. The molecule has 8 heteroatoms. The third-order valence-electron chi connectivity index (χ3n) is 3.75. The number of aryl methyl sites for hydroxylation is 2. The summed E-state index contributed by atoms with van der Waals surface area (Å²) >= 11 is 13.5. The second-order valence-corrected chi connectivity index (χ2v) is 7.47. The lowest BCUT2D eigenvalue weighted by atomic mass is 10.3. The van der Waals surface area contributed by atoms with Crippen LogP contribution in [-0.2, 0) is 17.8 Å². The summed E-state index contributed by atoms with van der Waals surface area (Å²) in [4.78, 5) is 31.3. The van der Waals surface area contributed by atoms with Gasteiger partial charge in [0.05, 0.1) is 16.1 Å². The number of carbonyl (C=O) groups is 1. The quantitative estimate of drug-likeness (QED) is 0.716. The van der Waals surface area contributed by atoms with E-state index in [9.17, 15) is 9.59 Å². The van der Waals surface area contributed by atoms with Gasteiger partial charge in [0.2, 0.25) is 5.91 Å². The third kappa shape index (κ3) is 3.71. The van der Waals surface area contributed by atoms with Crippen LogP contribution in [0.3, 0.4) is 0 Å². The highest BCUT2D eigenvalue weighted by molar-refractivity contribution is 7.18. The van der Waals surface area contributed by atoms with Gasteiger partial charge in [-0.15, -0.1) is 11.3 Å². The Balaban J connectivity index is 1.90. The Hall–Kier alpha value is -1.89. The summed E-state index contributed by atoms with van der Waals surface area (Å²) in [5, 5.41) is 4.06. The topological polar surface area (TPSA) is 64.0 Å². The number of amides is 1. The van der Waals surface area contributed by atoms with E-state index in [0.717, 1.165) is 11.3 Å². The third-order valence-corrected chi connectivity index (χ3v) is 5.48. The Bertz CT molecular complexity index is 1030. The minimum absolute atomic E-state index is 0.145. The van der Waals surface area contributed by atoms with E-state index in [1.54, 1.807) is 25.1 Å². The SMILES string of the molecule is CCc1cc2c(=O)n(CC(=O)Nc3cc(Cl)ccc3Cl)c(C)nc2s1. The highest BCUT2D eigenvalue weighted by Crippen LogP contribution is 2.25. The highest BCUT2D eigenvalue weighted by atomic mass is 35.5. The highest BCUT2D eigenvalue weighted by Gasteiger charge is 2.15. The molecular weight excluding hydrogens is 381 g/mol. The van der Waals surface area contributed by atoms with Crippen LogP contribution in [-0.4, -0.2) is 15.5 Å². The first kappa shape index (κ1) is 17.9. The molecule has 0 atom stereocenters. The van der Waals surface area contributed by atoms with Crippen molar-refractivity contribution in [3.05, 3.63) is 55.4 Å². The number of benzene rings is 1. The second-order valence-electron chi connectivity index (χ2n) is 5.51. The number of anilines is 1. The van der Waals surface area contributed by atoms with Crippen LogP contribution in [0.25, 0.3) is 10.2 Å². The van der Waals surface area contributed by atoms with E-state index >= 15 is 0 Å². The molecule has 0 aliphatic carbocycles. The van der Waals surface area contributed by atoms with E-state index in [4.69, 9.17) is 23.2 Å². The van der Waals surface area contributed by atoms with Crippen molar-refractivity contribution in [3.8, 4) is 0 Å². The molecule has 25 heavy (non-hydrogen) atoms. The van der Waals surface area contributed by atoms with Gasteiger partial charge in [0, 0.05) is 9.90 Å². The molecule has 0 spiro atoms. The number of fused-ring (bicyclic) bond motifs is 1. The summed E-state index contributed by atoms with van der Waals surface area (Å²) in [5.74, 6) is 0.121. The van der Waals surface area contributed by atoms with Crippen molar-refractivity contribution in [3.63, 3.8) is 0 Å². The van der Waals surface area contributed by atoms with Gasteiger partial charge < -0.3 is 5.32 Å². The molecule has 130 valence electrons. The van der Waals surface area contributed by atoms with Gasteiger partial charge in [-0.1, -0.05) is 30.1 Å². The number of aromatic nitrogens is 2. The van der Waals surface area contributed by atoms with Crippen LogP contribution in [0.5, 0.6) is 0 Å². The number of halogens is 2. The Morgan fingerprint density at radius 2 is 2.08 bits per heavy atom. The second kappa shape index (κ2) is 7.15. The first-order chi connectivity index (χ1) is 11.9. The van der Waals surface area contributed by atoms with Crippen molar-refractivity contribution >= 4 is 56.3 Å². The number of nitrogens with one attached hydrogen (secondary N) is 1. The maximum Gasteiger partial charge on any atom is 0.262 e. The van der Waals surface area contributed by atoms with Crippen LogP contribution in [0.15, 0.2) is 29.1 Å². The van der Waals surface area contributed by atoms with Crippen molar-refractivity contribution in [2.75, 3.05) is 5.32 Å². The monoisotopic (exact) mass is 395 g/mol. The van der Waals surface area contributed by atoms with Gasteiger partial charge in [0.25, 0.3) is 5.56 Å². The normalized spacial score (nSPS) is 11.0. The zero-order valence-corrected chi connectivity index (χ0v) is 15.9. The summed E-state index contributed by atoms with van der Waals surface area (Å²) < 4.78 is 1.36. The molecule has 1 amide bonds. The van der Waals surface area contributed by atoms with Gasteiger partial charge in [-0.25, -0.2) is 4.98 Å². The molecular formula is C17H15Cl2N3O2S. The van der Waals surface area contributed by atoms with Gasteiger partial charge in [0.15, 0.2) is 0 Å². The molecule has 0 unspecified atom stereocenters. The molecule has 3 rings (SSSR count). The first-order valence-corrected chi connectivity index (χ1v) is 9.21. The van der Waals surface area contributed by atoms with E-state index in [1.165, 1.54) is 15.9 Å². The predicted molar refractivity (Wildman–Crippen MR) is 103 cm³/mol. The molecule has 0 aliphatic rings. The minimum Gasteiger partial charge on any atom is -0.323 e. The van der Waals surface area contributed by atoms with Crippen LogP contribution >= 0.6 is 34.5 Å². The molecule has 0 radical (unpaired) electrons. The molecule has 0 aliphatic heterocycles. The molecule has 2 heterocycles. The Morgan fingerprint density at radius 3 is 2.80 bits per heavy atom. The van der Waals surface area contributed by atoms with Gasteiger partial charge in [0.1, 0.15) is 17.2 Å². The fourth-order valence-corrected chi connectivity index (χ4v) is 3.79. The number of nitrogens with zero attached hydrogens (tertiary/aromatic N) is 2. The number of hydrogen-bond acceptors (Lipinski definition) is 4. The molecule has 0 saturated carbocycles. The van der Waals surface area contributed by atoms with Crippen LogP contribution < -0.4 is 10.9 Å². The summed E-state index contributed by atoms with van der Waals surface area (Å²) in [6, 6.07) is 6.64. The van der Waals surface area contributed by atoms with Crippen molar-refractivity contribution in [2.45, 2.75) is 26.8 Å². The molecule has 3 aromatic rings. The zero-order valence-electron chi connectivity index (χ0n) is 13.6. The summed E-state index contributed by atoms with van der Waals surface area (Å²) in [7, 11) is 0. The van der Waals surface area contributed by atoms with Crippen LogP contribution in [0.2, 0.25) is 10.0 Å². The van der Waals surface area contributed by atoms with Crippen molar-refractivity contribution < 1.29 is 4.79 Å². The van der Waals surface area contributed by atoms with Crippen molar-refractivity contribution in [1.82, 2.24) is 9.55 Å². The van der Waals surface area contributed by atoms with Gasteiger partial charge in [-0.2, -0.15) is 0 Å². The van der Waals surface area contributed by atoms with Crippen LogP contribution in [0.4, 0.5) is 5.69 Å². The lowest BCUT2D eigenvalue weighted by Crippen LogP contribution is -2.29. The molecule has 0 saturated heterocycles. The molecule has 0 bridgehead atoms. The smallest absolute Gasteiger partial charge is 0.262 e. The largest absolute Gasteiger partial charge is 0.323 e. The van der Waals surface area contributed by atoms with E-state index < -0.39 is 0 Å². The fraction of sp³-hybridized carbons (Fsp3) is 0.235. The summed E-state index contributed by atoms with van der Waals surface area (Å²) in [6.45, 7) is 3.60. The van der Waals surface area contributed by atoms with E-state index in [0.29, 0.717) is 31.8 Å². The number of thiophene rings is 1. The average Bonchev–Trinajstić information content (AvgIpc) is 2.98. The zero-order chi connectivity index (χ0) is 18.1. The lowest BCUT2D eigenvalue weighted by Gasteiger charge is -2.11.